The van der Waals surface area contributed by atoms with Crippen LogP contribution in [0.15, 0.2) is 11.6 Å². The monoisotopic (exact) mass is 492 g/mol. The van der Waals surface area contributed by atoms with Gasteiger partial charge in [0, 0.05) is 0 Å². The van der Waals surface area contributed by atoms with Crippen LogP contribution in [0.5, 0.6) is 0 Å². The minimum absolute atomic E-state index is 0.331. The quantitative estimate of drug-likeness (QED) is 0.558. The molecule has 0 amide bonds. The van der Waals surface area contributed by atoms with E-state index in [1.165, 1.54) is 44.3 Å². The second-order valence-electron chi connectivity index (χ2n) is 2.36. The van der Waals surface area contributed by atoms with Gasteiger partial charge in [-0.2, -0.15) is 0 Å². The van der Waals surface area contributed by atoms with Crippen LogP contribution >= 0.6 is 0 Å². The van der Waals surface area contributed by atoms with E-state index in [1.54, 1.807) is 0 Å². The van der Waals surface area contributed by atoms with Gasteiger partial charge in [-0.25, -0.2) is 0 Å². The fraction of sp³-hybridized carbons (Fsp3) is 0.500. The fourth-order valence-corrected chi connectivity index (χ4v) is 1.63. The van der Waals surface area contributed by atoms with Crippen molar-refractivity contribution >= 4 is 8.80 Å². The van der Waals surface area contributed by atoms with Gasteiger partial charge in [0.1, 0.15) is 0 Å². The van der Waals surface area contributed by atoms with Crippen LogP contribution in [-0.4, -0.2) is 21.5 Å². The van der Waals surface area contributed by atoms with Gasteiger partial charge in [-0.3, -0.25) is 0 Å². The standard InChI is InChI=1S/C8H12O.2W/c1-5-8(4)6-9-7(2)3;;/h1,4-5,7H,6H2,2-3H3;;/b8-5+;;. The van der Waals surface area contributed by atoms with Gasteiger partial charge in [0.15, 0.2) is 0 Å². The molecule has 1 nitrogen and oxygen atoms in total. The van der Waals surface area contributed by atoms with E-state index in [1.807, 2.05) is 0 Å². The van der Waals surface area contributed by atoms with E-state index in [9.17, 15) is 0 Å². The van der Waals surface area contributed by atoms with Gasteiger partial charge in [-0.1, -0.05) is 0 Å². The molecule has 0 spiro atoms. The zero-order valence-corrected chi connectivity index (χ0v) is 12.6. The Morgan fingerprint density at radius 1 is 1.45 bits per heavy atom. The van der Waals surface area contributed by atoms with E-state index in [2.05, 4.69) is 28.7 Å². The Kier molecular flexibility index (Phi) is 8.02. The molecule has 0 aromatic rings. The van der Waals surface area contributed by atoms with Crippen LogP contribution in [0.3, 0.4) is 0 Å². The van der Waals surface area contributed by atoms with Gasteiger partial charge in [-0.05, 0) is 0 Å². The zero-order chi connectivity index (χ0) is 8.69. The Morgan fingerprint density at radius 2 is 2.09 bits per heavy atom. The summed E-state index contributed by atoms with van der Waals surface area (Å²) in [6.07, 6.45) is 2.46. The number of rotatable bonds is 5. The van der Waals surface area contributed by atoms with E-state index in [-0.39, 0.29) is 0 Å². The molecule has 0 aromatic carbocycles. The van der Waals surface area contributed by atoms with Crippen molar-refractivity contribution in [2.75, 3.05) is 6.61 Å². The summed E-state index contributed by atoms with van der Waals surface area (Å²) in [6, 6.07) is 0. The number of ether oxygens (including phenoxy) is 1. The SMILES string of the molecule is CC(C)OC/C([CH]=[W])=C/[CH]=[W]. The summed E-state index contributed by atoms with van der Waals surface area (Å²) >= 11 is 2.97. The van der Waals surface area contributed by atoms with Crippen LogP contribution in [0.2, 0.25) is 0 Å². The van der Waals surface area contributed by atoms with Crippen LogP contribution in [0, 0.1) is 0 Å². The van der Waals surface area contributed by atoms with Crippen molar-refractivity contribution < 1.29 is 43.4 Å². The van der Waals surface area contributed by atoms with Gasteiger partial charge >= 0.3 is 90.5 Å². The van der Waals surface area contributed by atoms with E-state index in [0.717, 1.165) is 6.61 Å². The molecule has 0 fully saturated rings. The molecule has 0 rings (SSSR count). The van der Waals surface area contributed by atoms with Gasteiger partial charge < -0.3 is 0 Å². The van der Waals surface area contributed by atoms with Gasteiger partial charge in [0.05, 0.1) is 0 Å². The van der Waals surface area contributed by atoms with Crippen molar-refractivity contribution in [1.29, 1.82) is 0 Å². The van der Waals surface area contributed by atoms with Crippen LogP contribution in [-0.2, 0) is 43.4 Å². The molecule has 3 heteroatoms. The summed E-state index contributed by atoms with van der Waals surface area (Å²) in [5, 5.41) is 0. The first-order valence-electron chi connectivity index (χ1n) is 3.41. The van der Waals surface area contributed by atoms with Crippen molar-refractivity contribution in [3.05, 3.63) is 11.6 Å². The summed E-state index contributed by atoms with van der Waals surface area (Å²) in [4.78, 5) is 0. The topological polar surface area (TPSA) is 9.23 Å². The van der Waals surface area contributed by atoms with Crippen molar-refractivity contribution in [3.63, 3.8) is 0 Å². The third-order valence-corrected chi connectivity index (χ3v) is 2.59. The van der Waals surface area contributed by atoms with Crippen LogP contribution in [0.1, 0.15) is 13.8 Å². The second-order valence-corrected chi connectivity index (χ2v) is 4.18. The second kappa shape index (κ2) is 7.46. The first-order chi connectivity index (χ1) is 5.20. The van der Waals surface area contributed by atoms with E-state index >= 15 is 0 Å². The third kappa shape index (κ3) is 7.19. The van der Waals surface area contributed by atoms with E-state index < -0.39 is 0 Å². The first kappa shape index (κ1) is 11.8. The molecule has 0 bridgehead atoms. The Labute approximate surface area is 90.0 Å². The molecule has 0 aliphatic carbocycles. The molecule has 0 saturated heterocycles. The molecule has 0 aliphatic heterocycles. The molecule has 0 aliphatic rings. The predicted octanol–water partition coefficient (Wildman–Crippen LogP) is 1.04. The average molecular weight is 492 g/mol. The van der Waals surface area contributed by atoms with Crippen molar-refractivity contribution in [2.24, 2.45) is 0 Å². The molecule has 62 valence electrons. The van der Waals surface area contributed by atoms with Crippen molar-refractivity contribution in [2.45, 2.75) is 20.0 Å². The Bertz CT molecular complexity index is 161. The number of hydrogen-bond acceptors (Lipinski definition) is 1. The first-order valence-corrected chi connectivity index (χ1v) is 6.80. The molecule has 0 N–H and O–H groups in total. The number of allylic oxidation sites excluding steroid dienone is 1. The van der Waals surface area contributed by atoms with E-state index in [4.69, 9.17) is 4.74 Å². The van der Waals surface area contributed by atoms with E-state index in [0.29, 0.717) is 6.10 Å². The maximum absolute atomic E-state index is 5.45. The van der Waals surface area contributed by atoms with Gasteiger partial charge in [0.2, 0.25) is 0 Å². The Hall–Kier alpha value is 0.817. The zero-order valence-electron chi connectivity index (χ0n) is 6.74. The van der Waals surface area contributed by atoms with Crippen LogP contribution in [0.4, 0.5) is 0 Å². The molecule has 0 heterocycles. The van der Waals surface area contributed by atoms with Crippen molar-refractivity contribution in [3.8, 4) is 0 Å². The number of hydrogen-bond donors (Lipinski definition) is 0. The molecule has 0 radical (unpaired) electrons. The Morgan fingerprint density at radius 3 is 2.45 bits per heavy atom. The summed E-state index contributed by atoms with van der Waals surface area (Å²) in [7, 11) is 0. The van der Waals surface area contributed by atoms with Crippen LogP contribution in [0.25, 0.3) is 0 Å². The molecule has 0 aromatic heterocycles. The Balaban J connectivity index is 3.79. The van der Waals surface area contributed by atoms with Gasteiger partial charge in [-0.15, -0.1) is 0 Å². The normalized spacial score (nSPS) is 11.7. The molecule has 0 atom stereocenters. The fourth-order valence-electron chi connectivity index (χ4n) is 0.472. The average Bonchev–Trinajstić information content (AvgIpc) is 1.97. The third-order valence-electron chi connectivity index (χ3n) is 1.02. The summed E-state index contributed by atoms with van der Waals surface area (Å²) in [6.45, 7) is 4.87. The summed E-state index contributed by atoms with van der Waals surface area (Å²) in [5.74, 6) is 0. The van der Waals surface area contributed by atoms with Gasteiger partial charge in [0.25, 0.3) is 0 Å². The maximum atomic E-state index is 5.45. The summed E-state index contributed by atoms with van der Waals surface area (Å²) < 4.78 is 9.74. The summed E-state index contributed by atoms with van der Waals surface area (Å²) in [5.41, 5.74) is 1.30. The van der Waals surface area contributed by atoms with Crippen LogP contribution < -0.4 is 0 Å². The van der Waals surface area contributed by atoms with Crippen molar-refractivity contribution in [1.82, 2.24) is 0 Å². The molecular weight excluding hydrogens is 480 g/mol. The predicted molar refractivity (Wildman–Crippen MR) is 41.3 cm³/mol. The minimum atomic E-state index is 0.331. The molecule has 0 unspecified atom stereocenters. The molecular formula is C8H12OW2. The molecule has 11 heavy (non-hydrogen) atoms. The molecule has 0 saturated carbocycles.